The lowest BCUT2D eigenvalue weighted by Crippen LogP contribution is -2.45. The van der Waals surface area contributed by atoms with Gasteiger partial charge in [0, 0.05) is 30.4 Å². The molecule has 156 valence electrons. The van der Waals surface area contributed by atoms with Gasteiger partial charge in [0.05, 0.1) is 5.54 Å². The number of rotatable bonds is 10. The Bertz CT molecular complexity index is 541. The first-order valence-electron chi connectivity index (χ1n) is 11.2. The lowest BCUT2D eigenvalue weighted by Gasteiger charge is -2.42. The summed E-state index contributed by atoms with van der Waals surface area (Å²) >= 11 is 0. The van der Waals surface area contributed by atoms with Crippen LogP contribution in [0.15, 0.2) is 35.7 Å². The van der Waals surface area contributed by atoms with Crippen LogP contribution in [0.25, 0.3) is 0 Å². The zero-order valence-electron chi connectivity index (χ0n) is 19.4. The maximum absolute atomic E-state index is 4.55. The minimum absolute atomic E-state index is 0.000151. The third kappa shape index (κ3) is 6.16. The highest BCUT2D eigenvalue weighted by Crippen LogP contribution is 2.43. The van der Waals surface area contributed by atoms with Crippen LogP contribution in [-0.2, 0) is 0 Å². The normalized spacial score (nSPS) is 24.1. The minimum atomic E-state index is -0.118. The fourth-order valence-corrected chi connectivity index (χ4v) is 4.19. The van der Waals surface area contributed by atoms with Crippen molar-refractivity contribution in [3.05, 3.63) is 35.7 Å². The van der Waals surface area contributed by atoms with E-state index in [0.29, 0.717) is 0 Å². The van der Waals surface area contributed by atoms with Gasteiger partial charge in [-0.25, -0.2) is 0 Å². The van der Waals surface area contributed by atoms with Crippen molar-refractivity contribution in [3.8, 4) is 0 Å². The highest BCUT2D eigenvalue weighted by Gasteiger charge is 2.36. The minimum Gasteiger partial charge on any atom is -0.379 e. The van der Waals surface area contributed by atoms with E-state index in [9.17, 15) is 0 Å². The Hall–Kier alpha value is -1.18. The quantitative estimate of drug-likeness (QED) is 0.321. The molecule has 0 aliphatic heterocycles. The molecule has 2 heteroatoms. The lowest BCUT2D eigenvalue weighted by atomic mass is 9.72. The topological polar surface area (TPSA) is 15.3 Å². The van der Waals surface area contributed by atoms with Gasteiger partial charge >= 0.3 is 0 Å². The third-order valence-electron chi connectivity index (χ3n) is 6.88. The molecule has 0 bridgehead atoms. The Morgan fingerprint density at radius 2 is 1.81 bits per heavy atom. The molecule has 1 unspecified atom stereocenters. The summed E-state index contributed by atoms with van der Waals surface area (Å²) in [5.41, 5.74) is 5.34. The molecule has 1 aliphatic rings. The average Bonchev–Trinajstić information content (AvgIpc) is 2.61. The van der Waals surface area contributed by atoms with Crippen LogP contribution in [0.3, 0.4) is 0 Å². The molecule has 0 heterocycles. The summed E-state index contributed by atoms with van der Waals surface area (Å²) in [6.45, 7) is 23.8. The van der Waals surface area contributed by atoms with Crippen molar-refractivity contribution in [2.24, 2.45) is 5.41 Å². The molecule has 0 aromatic carbocycles. The van der Waals surface area contributed by atoms with Crippen LogP contribution in [0.2, 0.25) is 0 Å². The van der Waals surface area contributed by atoms with Crippen LogP contribution in [0.1, 0.15) is 99.3 Å². The zero-order valence-corrected chi connectivity index (χ0v) is 19.4. The van der Waals surface area contributed by atoms with E-state index in [0.717, 1.165) is 18.7 Å². The number of nitrogens with zero attached hydrogens (tertiary/aromatic N) is 1. The van der Waals surface area contributed by atoms with Crippen LogP contribution >= 0.6 is 0 Å². The van der Waals surface area contributed by atoms with E-state index in [-0.39, 0.29) is 11.0 Å². The average molecular weight is 375 g/mol. The molecule has 0 amide bonds. The summed E-state index contributed by atoms with van der Waals surface area (Å²) in [7, 11) is 2.23. The van der Waals surface area contributed by atoms with Gasteiger partial charge in [0.15, 0.2) is 0 Å². The summed E-state index contributed by atoms with van der Waals surface area (Å²) in [4.78, 5) is 2.43. The van der Waals surface area contributed by atoms with Crippen molar-refractivity contribution in [2.45, 2.75) is 105 Å². The molecular formula is C25H46N2. The molecule has 0 aromatic heterocycles. The summed E-state index contributed by atoms with van der Waals surface area (Å²) in [6, 6.07) is 0. The molecule has 1 N–H and O–H groups in total. The van der Waals surface area contributed by atoms with E-state index in [4.69, 9.17) is 0 Å². The van der Waals surface area contributed by atoms with Gasteiger partial charge in [0.1, 0.15) is 0 Å². The molecule has 0 radical (unpaired) electrons. The molecule has 0 saturated heterocycles. The Kier molecular flexibility index (Phi) is 9.18. The van der Waals surface area contributed by atoms with Gasteiger partial charge in [0.2, 0.25) is 0 Å². The largest absolute Gasteiger partial charge is 0.379 e. The highest BCUT2D eigenvalue weighted by molar-refractivity contribution is 5.31. The van der Waals surface area contributed by atoms with Crippen LogP contribution in [0, 0.1) is 5.41 Å². The van der Waals surface area contributed by atoms with Gasteiger partial charge in [-0.2, -0.15) is 0 Å². The van der Waals surface area contributed by atoms with E-state index in [1.165, 1.54) is 68.2 Å². The third-order valence-corrected chi connectivity index (χ3v) is 6.88. The molecule has 1 rings (SSSR count). The van der Waals surface area contributed by atoms with Gasteiger partial charge in [-0.05, 0) is 65.4 Å². The Morgan fingerprint density at radius 1 is 1.15 bits per heavy atom. The summed E-state index contributed by atoms with van der Waals surface area (Å²) in [6.07, 6.45) is 11.1. The maximum atomic E-state index is 4.55. The van der Waals surface area contributed by atoms with Crippen LogP contribution < -0.4 is 5.32 Å². The molecule has 0 aromatic rings. The summed E-state index contributed by atoms with van der Waals surface area (Å²) in [5.74, 6) is 0. The van der Waals surface area contributed by atoms with Gasteiger partial charge < -0.3 is 10.2 Å². The Labute approximate surface area is 170 Å². The van der Waals surface area contributed by atoms with Crippen molar-refractivity contribution in [2.75, 3.05) is 13.6 Å². The number of allylic oxidation sites excluding steroid dienone is 2. The molecule has 0 saturated carbocycles. The fourth-order valence-electron chi connectivity index (χ4n) is 4.19. The second-order valence-corrected chi connectivity index (χ2v) is 9.27. The first-order valence-corrected chi connectivity index (χ1v) is 11.2. The van der Waals surface area contributed by atoms with E-state index >= 15 is 0 Å². The van der Waals surface area contributed by atoms with E-state index in [1.807, 2.05) is 0 Å². The predicted molar refractivity (Wildman–Crippen MR) is 122 cm³/mol. The SMILES string of the molecule is C=C(CCCCC)C(C)(C)NC(=C)C1(C)CCCCC/C(N(C)CC)=C\1C. The van der Waals surface area contributed by atoms with E-state index < -0.39 is 0 Å². The monoisotopic (exact) mass is 374 g/mol. The summed E-state index contributed by atoms with van der Waals surface area (Å²) in [5, 5.41) is 3.80. The van der Waals surface area contributed by atoms with Crippen molar-refractivity contribution in [1.29, 1.82) is 0 Å². The zero-order chi connectivity index (χ0) is 20.7. The van der Waals surface area contributed by atoms with Gasteiger partial charge in [-0.1, -0.05) is 58.3 Å². The van der Waals surface area contributed by atoms with Gasteiger partial charge in [-0.15, -0.1) is 0 Å². The molecule has 27 heavy (non-hydrogen) atoms. The molecule has 1 atom stereocenters. The van der Waals surface area contributed by atoms with Crippen LogP contribution in [-0.4, -0.2) is 24.0 Å². The molecule has 2 nitrogen and oxygen atoms in total. The van der Waals surface area contributed by atoms with E-state index in [1.54, 1.807) is 0 Å². The molecule has 1 aliphatic carbocycles. The molecule has 0 fully saturated rings. The number of nitrogens with one attached hydrogen (secondary N) is 1. The predicted octanol–water partition coefficient (Wildman–Crippen LogP) is 7.20. The number of hydrogen-bond acceptors (Lipinski definition) is 2. The van der Waals surface area contributed by atoms with Gasteiger partial charge in [0.25, 0.3) is 0 Å². The lowest BCUT2D eigenvalue weighted by molar-refractivity contribution is 0.316. The molecule has 0 spiro atoms. The maximum Gasteiger partial charge on any atom is 0.0523 e. The van der Waals surface area contributed by atoms with Crippen LogP contribution in [0.5, 0.6) is 0 Å². The fraction of sp³-hybridized carbons (Fsp3) is 0.760. The van der Waals surface area contributed by atoms with Crippen molar-refractivity contribution in [1.82, 2.24) is 10.2 Å². The Morgan fingerprint density at radius 3 is 2.41 bits per heavy atom. The standard InChI is InChI=1S/C25H46N2/c1-10-12-14-17-20(3)24(6,7)26-22(5)25(8)19-16-13-15-18-23(21(25)4)27(9)11-2/h26H,3,5,10-19H2,1-2,4,6-9H3/b23-21+. The first-order chi connectivity index (χ1) is 12.6. The summed E-state index contributed by atoms with van der Waals surface area (Å²) < 4.78 is 0. The first kappa shape index (κ1) is 23.9. The number of hydrogen-bond donors (Lipinski definition) is 1. The van der Waals surface area contributed by atoms with Gasteiger partial charge in [-0.3, -0.25) is 0 Å². The molecular weight excluding hydrogens is 328 g/mol. The van der Waals surface area contributed by atoms with Crippen molar-refractivity contribution < 1.29 is 0 Å². The van der Waals surface area contributed by atoms with Crippen molar-refractivity contribution >= 4 is 0 Å². The van der Waals surface area contributed by atoms with Crippen LogP contribution in [0.4, 0.5) is 0 Å². The number of unbranched alkanes of at least 4 members (excludes halogenated alkanes) is 2. The second-order valence-electron chi connectivity index (χ2n) is 9.27. The second kappa shape index (κ2) is 10.4. The smallest absolute Gasteiger partial charge is 0.0523 e. The Balaban J connectivity index is 3.05. The van der Waals surface area contributed by atoms with Crippen molar-refractivity contribution in [3.63, 3.8) is 0 Å². The van der Waals surface area contributed by atoms with E-state index in [2.05, 4.69) is 72.0 Å². The highest BCUT2D eigenvalue weighted by atomic mass is 15.1.